The molecule has 2 aromatic rings. The van der Waals surface area contributed by atoms with Crippen molar-refractivity contribution >= 4 is 10.9 Å². The number of hydrogen-bond donors (Lipinski definition) is 1. The zero-order valence-corrected chi connectivity index (χ0v) is 12.3. The third kappa shape index (κ3) is 2.89. The first kappa shape index (κ1) is 13.9. The Labute approximate surface area is 114 Å². The Morgan fingerprint density at radius 2 is 1.84 bits per heavy atom. The molecule has 0 aliphatic heterocycles. The highest BCUT2D eigenvalue weighted by Gasteiger charge is 2.14. The first-order chi connectivity index (χ1) is 9.02. The monoisotopic (exact) mass is 257 g/mol. The number of pyridine rings is 1. The number of aromatic amines is 1. The summed E-state index contributed by atoms with van der Waals surface area (Å²) in [5.41, 5.74) is 3.70. The van der Waals surface area contributed by atoms with Gasteiger partial charge in [-0.3, -0.25) is 4.79 Å². The van der Waals surface area contributed by atoms with Crippen LogP contribution < -0.4 is 5.56 Å². The lowest BCUT2D eigenvalue weighted by Gasteiger charge is -2.19. The minimum atomic E-state index is -0.0310. The lowest BCUT2D eigenvalue weighted by molar-refractivity contribution is 0.652. The number of rotatable bonds is 4. The van der Waals surface area contributed by atoms with Gasteiger partial charge < -0.3 is 4.98 Å². The fourth-order valence-corrected chi connectivity index (χ4v) is 2.75. The van der Waals surface area contributed by atoms with Gasteiger partial charge in [-0.2, -0.15) is 0 Å². The van der Waals surface area contributed by atoms with Crippen molar-refractivity contribution in [3.8, 4) is 0 Å². The molecule has 0 amide bonds. The molecule has 0 saturated heterocycles. The van der Waals surface area contributed by atoms with Crippen LogP contribution in [-0.2, 0) is 0 Å². The van der Waals surface area contributed by atoms with E-state index in [1.165, 1.54) is 24.0 Å². The molecular weight excluding hydrogens is 234 g/mol. The lowest BCUT2D eigenvalue weighted by atomic mass is 9.86. The van der Waals surface area contributed by atoms with E-state index in [9.17, 15) is 4.79 Å². The Morgan fingerprint density at radius 1 is 1.11 bits per heavy atom. The largest absolute Gasteiger partial charge is 0.322 e. The van der Waals surface area contributed by atoms with Gasteiger partial charge in [-0.05, 0) is 53.0 Å². The van der Waals surface area contributed by atoms with Crippen LogP contribution in [0.15, 0.2) is 29.1 Å². The van der Waals surface area contributed by atoms with Gasteiger partial charge in [-0.25, -0.2) is 0 Å². The molecule has 0 aliphatic rings. The molecule has 0 aliphatic carbocycles. The zero-order chi connectivity index (χ0) is 14.0. The summed E-state index contributed by atoms with van der Waals surface area (Å²) in [6.07, 6.45) is 2.40. The first-order valence-corrected chi connectivity index (χ1v) is 7.19. The van der Waals surface area contributed by atoms with Crippen LogP contribution in [0.5, 0.6) is 0 Å². The highest BCUT2D eigenvalue weighted by molar-refractivity contribution is 5.80. The predicted octanol–water partition coefficient (Wildman–Crippen LogP) is 4.56. The molecule has 0 bridgehead atoms. The molecule has 2 nitrogen and oxygen atoms in total. The molecule has 19 heavy (non-hydrogen) atoms. The summed E-state index contributed by atoms with van der Waals surface area (Å²) >= 11 is 0. The molecule has 0 spiro atoms. The Kier molecular flexibility index (Phi) is 4.08. The van der Waals surface area contributed by atoms with Crippen molar-refractivity contribution in [3.63, 3.8) is 0 Å². The molecule has 2 heteroatoms. The van der Waals surface area contributed by atoms with Gasteiger partial charge in [0.2, 0.25) is 5.56 Å². The van der Waals surface area contributed by atoms with Gasteiger partial charge in [0.1, 0.15) is 0 Å². The summed E-state index contributed by atoms with van der Waals surface area (Å²) < 4.78 is 0. The van der Waals surface area contributed by atoms with E-state index in [1.807, 2.05) is 6.07 Å². The van der Waals surface area contributed by atoms with Gasteiger partial charge in [-0.15, -0.1) is 0 Å². The third-order valence-corrected chi connectivity index (χ3v) is 3.80. The van der Waals surface area contributed by atoms with Crippen molar-refractivity contribution in [3.05, 3.63) is 45.7 Å². The number of hydrogen-bond acceptors (Lipinski definition) is 1. The fourth-order valence-electron chi connectivity index (χ4n) is 2.75. The molecular formula is C17H23NO. The molecule has 102 valence electrons. The van der Waals surface area contributed by atoms with E-state index in [0.29, 0.717) is 11.8 Å². The molecule has 1 atom stereocenters. The number of aromatic nitrogens is 1. The molecule has 1 heterocycles. The van der Waals surface area contributed by atoms with Gasteiger partial charge in [0, 0.05) is 11.6 Å². The van der Waals surface area contributed by atoms with Crippen LogP contribution in [0.4, 0.5) is 0 Å². The van der Waals surface area contributed by atoms with E-state index in [2.05, 4.69) is 44.8 Å². The van der Waals surface area contributed by atoms with E-state index in [4.69, 9.17) is 0 Å². The average molecular weight is 257 g/mol. The van der Waals surface area contributed by atoms with E-state index in [0.717, 1.165) is 10.9 Å². The van der Waals surface area contributed by atoms with Crippen LogP contribution in [0.25, 0.3) is 10.9 Å². The summed E-state index contributed by atoms with van der Waals surface area (Å²) in [4.78, 5) is 14.4. The average Bonchev–Trinajstić information content (AvgIpc) is 2.37. The van der Waals surface area contributed by atoms with Crippen LogP contribution in [0.2, 0.25) is 0 Å². The van der Waals surface area contributed by atoms with Crippen molar-refractivity contribution in [1.82, 2.24) is 4.98 Å². The van der Waals surface area contributed by atoms with Crippen molar-refractivity contribution in [2.45, 2.75) is 52.4 Å². The van der Waals surface area contributed by atoms with E-state index < -0.39 is 0 Å². The second kappa shape index (κ2) is 5.60. The maximum absolute atomic E-state index is 11.4. The minimum absolute atomic E-state index is 0.0310. The highest BCUT2D eigenvalue weighted by Crippen LogP contribution is 2.31. The van der Waals surface area contributed by atoms with Crippen LogP contribution in [-0.4, -0.2) is 4.98 Å². The van der Waals surface area contributed by atoms with Crippen molar-refractivity contribution < 1.29 is 0 Å². The quantitative estimate of drug-likeness (QED) is 0.856. The molecule has 2 rings (SSSR count). The SMILES string of the molecule is CCCC(C)c1cc2ccc(=O)[nH]c2cc1C(C)C. The fraction of sp³-hybridized carbons (Fsp3) is 0.471. The molecule has 1 aromatic carbocycles. The second-order valence-corrected chi connectivity index (χ2v) is 5.74. The Morgan fingerprint density at radius 3 is 2.47 bits per heavy atom. The van der Waals surface area contributed by atoms with Crippen molar-refractivity contribution in [1.29, 1.82) is 0 Å². The summed E-state index contributed by atoms with van der Waals surface area (Å²) in [5.74, 6) is 1.04. The van der Waals surface area contributed by atoms with Crippen LogP contribution in [0, 0.1) is 0 Å². The maximum Gasteiger partial charge on any atom is 0.248 e. The topological polar surface area (TPSA) is 32.9 Å². The molecule has 1 unspecified atom stereocenters. The van der Waals surface area contributed by atoms with Crippen molar-refractivity contribution in [2.24, 2.45) is 0 Å². The van der Waals surface area contributed by atoms with E-state index in [1.54, 1.807) is 6.07 Å². The van der Waals surface area contributed by atoms with Crippen molar-refractivity contribution in [2.75, 3.05) is 0 Å². The predicted molar refractivity (Wildman–Crippen MR) is 82.0 cm³/mol. The number of fused-ring (bicyclic) bond motifs is 1. The van der Waals surface area contributed by atoms with Gasteiger partial charge in [0.05, 0.1) is 0 Å². The van der Waals surface area contributed by atoms with Crippen LogP contribution in [0.3, 0.4) is 0 Å². The second-order valence-electron chi connectivity index (χ2n) is 5.74. The van der Waals surface area contributed by atoms with E-state index >= 15 is 0 Å². The summed E-state index contributed by atoms with van der Waals surface area (Å²) in [7, 11) is 0. The molecule has 0 saturated carbocycles. The normalized spacial score (nSPS) is 13.1. The summed E-state index contributed by atoms with van der Waals surface area (Å²) in [6, 6.07) is 7.93. The lowest BCUT2D eigenvalue weighted by Crippen LogP contribution is -2.06. The van der Waals surface area contributed by atoms with Crippen LogP contribution in [0.1, 0.15) is 63.5 Å². The standard InChI is InChI=1S/C17H23NO/c1-5-6-12(4)15-9-13-7-8-17(19)18-16(13)10-14(15)11(2)3/h7-12H,5-6H2,1-4H3,(H,18,19). The molecule has 1 aromatic heterocycles. The number of nitrogens with one attached hydrogen (secondary N) is 1. The minimum Gasteiger partial charge on any atom is -0.322 e. The third-order valence-electron chi connectivity index (χ3n) is 3.80. The van der Waals surface area contributed by atoms with Gasteiger partial charge in [0.25, 0.3) is 0 Å². The Bertz CT molecular complexity index is 625. The molecule has 0 radical (unpaired) electrons. The maximum atomic E-state index is 11.4. The van der Waals surface area contributed by atoms with Gasteiger partial charge in [0.15, 0.2) is 0 Å². The van der Waals surface area contributed by atoms with Gasteiger partial charge >= 0.3 is 0 Å². The number of H-pyrrole nitrogens is 1. The number of benzene rings is 1. The highest BCUT2D eigenvalue weighted by atomic mass is 16.1. The smallest absolute Gasteiger partial charge is 0.248 e. The summed E-state index contributed by atoms with van der Waals surface area (Å²) in [5, 5.41) is 1.13. The van der Waals surface area contributed by atoms with E-state index in [-0.39, 0.29) is 5.56 Å². The Balaban J connectivity index is 2.63. The summed E-state index contributed by atoms with van der Waals surface area (Å²) in [6.45, 7) is 8.95. The Hall–Kier alpha value is -1.57. The first-order valence-electron chi connectivity index (χ1n) is 7.19. The molecule has 0 fully saturated rings. The molecule has 1 N–H and O–H groups in total. The zero-order valence-electron chi connectivity index (χ0n) is 12.3. The van der Waals surface area contributed by atoms with Gasteiger partial charge in [-0.1, -0.05) is 34.1 Å². The van der Waals surface area contributed by atoms with Crippen LogP contribution >= 0.6 is 0 Å².